The third-order valence-electron chi connectivity index (χ3n) is 6.14. The Morgan fingerprint density at radius 3 is 2.21 bits per heavy atom. The number of rotatable bonds is 13. The predicted molar refractivity (Wildman–Crippen MR) is 147 cm³/mol. The molecule has 200 valence electrons. The minimum atomic E-state index is -0.180. The van der Waals surface area contributed by atoms with Crippen LogP contribution in [0.3, 0.4) is 0 Å². The Kier molecular flexibility index (Phi) is 9.05. The zero-order valence-electron chi connectivity index (χ0n) is 22.3. The summed E-state index contributed by atoms with van der Waals surface area (Å²) in [5.74, 6) is 3.03. The first-order valence-corrected chi connectivity index (χ1v) is 12.4. The van der Waals surface area contributed by atoms with Gasteiger partial charge in [0.2, 0.25) is 0 Å². The highest BCUT2D eigenvalue weighted by Crippen LogP contribution is 2.25. The van der Waals surface area contributed by atoms with Crippen LogP contribution < -0.4 is 24.4 Å². The van der Waals surface area contributed by atoms with Crippen molar-refractivity contribution in [1.29, 1.82) is 0 Å². The molecule has 2 heterocycles. The second-order valence-corrected chi connectivity index (χ2v) is 8.71. The van der Waals surface area contributed by atoms with Gasteiger partial charge in [-0.25, -0.2) is 4.98 Å². The number of pyridine rings is 1. The van der Waals surface area contributed by atoms with Crippen LogP contribution >= 0.6 is 0 Å². The lowest BCUT2D eigenvalue weighted by Crippen LogP contribution is -2.29. The van der Waals surface area contributed by atoms with Crippen LogP contribution in [0.15, 0.2) is 66.9 Å². The first-order chi connectivity index (χ1) is 18.5. The van der Waals surface area contributed by atoms with Crippen LogP contribution in [0.25, 0.3) is 5.65 Å². The largest absolute Gasteiger partial charge is 0.497 e. The van der Waals surface area contributed by atoms with Gasteiger partial charge in [-0.1, -0.05) is 12.1 Å². The molecular weight excluding hydrogens is 484 g/mol. The molecule has 9 nitrogen and oxygen atoms in total. The Labute approximate surface area is 222 Å². The van der Waals surface area contributed by atoms with Crippen molar-refractivity contribution in [2.24, 2.45) is 0 Å². The van der Waals surface area contributed by atoms with Gasteiger partial charge in [0.05, 0.1) is 38.6 Å². The number of aryl methyl sites for hydroxylation is 1. The highest BCUT2D eigenvalue weighted by Gasteiger charge is 2.18. The van der Waals surface area contributed by atoms with Crippen molar-refractivity contribution in [2.45, 2.75) is 13.5 Å². The van der Waals surface area contributed by atoms with Gasteiger partial charge in [-0.3, -0.25) is 9.20 Å². The van der Waals surface area contributed by atoms with Crippen molar-refractivity contribution < 1.29 is 23.7 Å². The monoisotopic (exact) mass is 518 g/mol. The van der Waals surface area contributed by atoms with Gasteiger partial charge in [0, 0.05) is 26.4 Å². The number of nitrogens with zero attached hydrogens (tertiary/aromatic N) is 3. The number of nitrogens with one attached hydrogen (secondary N) is 1. The number of hydrogen-bond acceptors (Lipinski definition) is 7. The first kappa shape index (κ1) is 26.8. The summed E-state index contributed by atoms with van der Waals surface area (Å²) in [6, 6.07) is 19.0. The smallest absolute Gasteiger partial charge is 0.252 e. The zero-order valence-corrected chi connectivity index (χ0v) is 22.3. The Morgan fingerprint density at radius 1 is 0.895 bits per heavy atom. The van der Waals surface area contributed by atoms with Crippen molar-refractivity contribution in [1.82, 2.24) is 14.7 Å². The second kappa shape index (κ2) is 12.8. The summed E-state index contributed by atoms with van der Waals surface area (Å²) in [4.78, 5) is 19.9. The number of hydrogen-bond donors (Lipinski definition) is 1. The lowest BCUT2D eigenvalue weighted by Gasteiger charge is -2.25. The molecule has 0 spiro atoms. The number of methoxy groups -OCH3 is 3. The summed E-state index contributed by atoms with van der Waals surface area (Å²) in [6.45, 7) is 4.57. The van der Waals surface area contributed by atoms with E-state index in [1.807, 2.05) is 72.1 Å². The van der Waals surface area contributed by atoms with E-state index in [0.717, 1.165) is 34.2 Å². The van der Waals surface area contributed by atoms with Crippen molar-refractivity contribution >= 4 is 17.4 Å². The standard InChI is InChI=1S/C29H34N4O5/c1-21-29(32(16-18-35-2)19-22-5-8-24(36-3)9-6-22)33-20-23(7-14-27(33)31-21)28(34)30-15-17-38-26-12-10-25(37-4)11-13-26/h5-14,20H,15-19H2,1-4H3,(H,30,34). The zero-order chi connectivity index (χ0) is 26.9. The number of fused-ring (bicyclic) bond motifs is 1. The van der Waals surface area contributed by atoms with Gasteiger partial charge < -0.3 is 29.2 Å². The number of amides is 1. The molecule has 0 atom stereocenters. The second-order valence-electron chi connectivity index (χ2n) is 8.71. The van der Waals surface area contributed by atoms with Crippen LogP contribution in [-0.4, -0.2) is 62.9 Å². The van der Waals surface area contributed by atoms with E-state index >= 15 is 0 Å². The molecule has 0 aliphatic heterocycles. The van der Waals surface area contributed by atoms with Crippen molar-refractivity contribution in [2.75, 3.05) is 52.5 Å². The Bertz CT molecular complexity index is 1340. The maximum atomic E-state index is 12.9. The molecule has 0 bridgehead atoms. The molecule has 1 N–H and O–H groups in total. The first-order valence-electron chi connectivity index (χ1n) is 12.4. The summed E-state index contributed by atoms with van der Waals surface area (Å²) in [7, 11) is 4.96. The van der Waals surface area contributed by atoms with E-state index < -0.39 is 0 Å². The van der Waals surface area contributed by atoms with Crippen LogP contribution in [0.4, 0.5) is 5.82 Å². The molecule has 0 saturated carbocycles. The highest BCUT2D eigenvalue weighted by molar-refractivity contribution is 5.94. The minimum absolute atomic E-state index is 0.180. The number of aromatic nitrogens is 2. The Balaban J connectivity index is 1.47. The number of imidazole rings is 1. The fourth-order valence-electron chi connectivity index (χ4n) is 4.19. The quantitative estimate of drug-likeness (QED) is 0.267. The average molecular weight is 519 g/mol. The van der Waals surface area contributed by atoms with E-state index in [2.05, 4.69) is 10.2 Å². The van der Waals surface area contributed by atoms with Crippen molar-refractivity contribution in [3.05, 3.63) is 83.7 Å². The molecule has 9 heteroatoms. The maximum Gasteiger partial charge on any atom is 0.252 e. The maximum absolute atomic E-state index is 12.9. The van der Waals surface area contributed by atoms with Gasteiger partial charge in [0.1, 0.15) is 35.3 Å². The molecule has 0 unspecified atom stereocenters. The molecule has 0 aliphatic rings. The van der Waals surface area contributed by atoms with E-state index in [9.17, 15) is 4.79 Å². The molecule has 4 rings (SSSR count). The third kappa shape index (κ3) is 6.54. The van der Waals surface area contributed by atoms with Gasteiger partial charge in [-0.15, -0.1) is 0 Å². The number of benzene rings is 2. The molecule has 4 aromatic rings. The van der Waals surface area contributed by atoms with Crippen LogP contribution in [0.2, 0.25) is 0 Å². The van der Waals surface area contributed by atoms with E-state index in [1.54, 1.807) is 27.4 Å². The fourth-order valence-corrected chi connectivity index (χ4v) is 4.19. The van der Waals surface area contributed by atoms with Gasteiger partial charge in [-0.05, 0) is 61.0 Å². The summed E-state index contributed by atoms with van der Waals surface area (Å²) in [5.41, 5.74) is 3.31. The number of carbonyl (C=O) groups is 1. The summed E-state index contributed by atoms with van der Waals surface area (Å²) >= 11 is 0. The molecular formula is C29H34N4O5. The lowest BCUT2D eigenvalue weighted by atomic mass is 10.2. The molecule has 1 amide bonds. The lowest BCUT2D eigenvalue weighted by molar-refractivity contribution is 0.0946. The van der Waals surface area contributed by atoms with Crippen LogP contribution in [-0.2, 0) is 11.3 Å². The van der Waals surface area contributed by atoms with Gasteiger partial charge in [0.25, 0.3) is 5.91 Å². The summed E-state index contributed by atoms with van der Waals surface area (Å²) < 4.78 is 23.5. The van der Waals surface area contributed by atoms with Crippen LogP contribution in [0.5, 0.6) is 17.2 Å². The van der Waals surface area contributed by atoms with Gasteiger partial charge in [0.15, 0.2) is 0 Å². The van der Waals surface area contributed by atoms with Gasteiger partial charge >= 0.3 is 0 Å². The molecule has 0 aliphatic carbocycles. The molecule has 2 aromatic heterocycles. The Hall–Kier alpha value is -4.24. The molecule has 0 saturated heterocycles. The van der Waals surface area contributed by atoms with Gasteiger partial charge in [-0.2, -0.15) is 0 Å². The minimum Gasteiger partial charge on any atom is -0.497 e. The van der Waals surface area contributed by atoms with E-state index in [4.69, 9.17) is 23.9 Å². The molecule has 2 aromatic carbocycles. The topological polar surface area (TPSA) is 86.6 Å². The third-order valence-corrected chi connectivity index (χ3v) is 6.14. The van der Waals surface area contributed by atoms with Crippen LogP contribution in [0.1, 0.15) is 21.6 Å². The number of ether oxygens (including phenoxy) is 4. The predicted octanol–water partition coefficient (Wildman–Crippen LogP) is 4.12. The van der Waals surface area contributed by atoms with Crippen molar-refractivity contribution in [3.63, 3.8) is 0 Å². The summed E-state index contributed by atoms with van der Waals surface area (Å²) in [5, 5.41) is 2.93. The number of anilines is 1. The fraction of sp³-hybridized carbons (Fsp3) is 0.310. The van der Waals surface area contributed by atoms with E-state index in [0.29, 0.717) is 44.2 Å². The van der Waals surface area contributed by atoms with Crippen molar-refractivity contribution in [3.8, 4) is 17.2 Å². The van der Waals surface area contributed by atoms with E-state index in [1.165, 1.54) is 0 Å². The Morgan fingerprint density at radius 2 is 1.55 bits per heavy atom. The van der Waals surface area contributed by atoms with Crippen LogP contribution in [0, 0.1) is 6.92 Å². The number of carbonyl (C=O) groups excluding carboxylic acids is 1. The highest BCUT2D eigenvalue weighted by atomic mass is 16.5. The molecule has 0 fully saturated rings. The SMILES string of the molecule is COCCN(Cc1ccc(OC)cc1)c1c(C)nc2ccc(C(=O)NCCOc3ccc(OC)cc3)cn12. The van der Waals surface area contributed by atoms with E-state index in [-0.39, 0.29) is 5.91 Å². The average Bonchev–Trinajstić information content (AvgIpc) is 3.28. The molecule has 38 heavy (non-hydrogen) atoms. The molecule has 0 radical (unpaired) electrons. The normalized spacial score (nSPS) is 10.8. The summed E-state index contributed by atoms with van der Waals surface area (Å²) in [6.07, 6.45) is 1.83.